The molecule has 6 heteroatoms. The minimum Gasteiger partial charge on any atom is -0.347 e. The van der Waals surface area contributed by atoms with E-state index < -0.39 is 0 Å². The molecule has 0 bridgehead atoms. The van der Waals surface area contributed by atoms with E-state index in [1.165, 1.54) is 5.39 Å². The third-order valence-corrected chi connectivity index (χ3v) is 3.17. The van der Waals surface area contributed by atoms with Crippen molar-refractivity contribution in [1.29, 1.82) is 0 Å². The smallest absolute Gasteiger partial charge is 0.233 e. The summed E-state index contributed by atoms with van der Waals surface area (Å²) in [4.78, 5) is 14.2. The molecule has 0 atom stereocenters. The zero-order chi connectivity index (χ0) is 14.8. The number of nitrogens with zero attached hydrogens (tertiary/aromatic N) is 4. The number of anilines is 3. The molecule has 0 spiro atoms. The molecular weight excluding hydrogens is 286 g/mol. The number of rotatable bonds is 3. The van der Waals surface area contributed by atoms with Crippen molar-refractivity contribution in [2.45, 2.75) is 0 Å². The highest BCUT2D eigenvalue weighted by Gasteiger charge is 2.07. The minimum atomic E-state index is 0.164. The van der Waals surface area contributed by atoms with Crippen LogP contribution in [0.4, 0.5) is 17.6 Å². The van der Waals surface area contributed by atoms with E-state index in [1.807, 2.05) is 44.4 Å². The van der Waals surface area contributed by atoms with Crippen LogP contribution in [0.2, 0.25) is 5.28 Å². The zero-order valence-corrected chi connectivity index (χ0v) is 12.5. The Kier molecular flexibility index (Phi) is 3.58. The molecule has 0 amide bonds. The third kappa shape index (κ3) is 3.03. The van der Waals surface area contributed by atoms with Crippen molar-refractivity contribution in [2.75, 3.05) is 24.3 Å². The lowest BCUT2D eigenvalue weighted by Crippen LogP contribution is -2.14. The summed E-state index contributed by atoms with van der Waals surface area (Å²) in [6.07, 6.45) is 0. The van der Waals surface area contributed by atoms with Crippen molar-refractivity contribution in [3.8, 4) is 0 Å². The molecule has 1 aromatic heterocycles. The van der Waals surface area contributed by atoms with E-state index in [9.17, 15) is 0 Å². The number of hydrogen-bond acceptors (Lipinski definition) is 5. The van der Waals surface area contributed by atoms with Gasteiger partial charge in [0.2, 0.25) is 17.2 Å². The van der Waals surface area contributed by atoms with Crippen LogP contribution in [-0.2, 0) is 0 Å². The largest absolute Gasteiger partial charge is 0.347 e. The van der Waals surface area contributed by atoms with Gasteiger partial charge in [0.1, 0.15) is 0 Å². The van der Waals surface area contributed by atoms with Gasteiger partial charge in [0.05, 0.1) is 0 Å². The standard InChI is InChI=1S/C15H14ClN5/c1-21(2)15-19-13(16)18-14(20-15)17-12-8-7-10-5-3-4-6-11(10)9-12/h3-9H,1-2H3,(H,17,18,19,20). The van der Waals surface area contributed by atoms with E-state index in [1.54, 1.807) is 4.90 Å². The molecule has 0 aliphatic heterocycles. The van der Waals surface area contributed by atoms with E-state index in [0.717, 1.165) is 11.1 Å². The van der Waals surface area contributed by atoms with Crippen LogP contribution >= 0.6 is 11.6 Å². The lowest BCUT2D eigenvalue weighted by Gasteiger charge is -2.12. The molecule has 1 heterocycles. The number of fused-ring (bicyclic) bond motifs is 1. The Labute approximate surface area is 127 Å². The molecule has 0 saturated heterocycles. The maximum absolute atomic E-state index is 5.93. The van der Waals surface area contributed by atoms with Crippen molar-refractivity contribution in [2.24, 2.45) is 0 Å². The van der Waals surface area contributed by atoms with Crippen LogP contribution in [0.1, 0.15) is 0 Å². The fourth-order valence-electron chi connectivity index (χ4n) is 1.99. The van der Waals surface area contributed by atoms with Gasteiger partial charge >= 0.3 is 0 Å². The van der Waals surface area contributed by atoms with Crippen molar-refractivity contribution < 1.29 is 0 Å². The van der Waals surface area contributed by atoms with E-state index in [-0.39, 0.29) is 5.28 Å². The number of hydrogen-bond donors (Lipinski definition) is 1. The number of aromatic nitrogens is 3. The summed E-state index contributed by atoms with van der Waals surface area (Å²) in [7, 11) is 3.71. The lowest BCUT2D eigenvalue weighted by molar-refractivity contribution is 0.961. The topological polar surface area (TPSA) is 53.9 Å². The van der Waals surface area contributed by atoms with Gasteiger partial charge in [-0.1, -0.05) is 30.3 Å². The number of halogens is 1. The predicted molar refractivity (Wildman–Crippen MR) is 86.4 cm³/mol. The molecule has 3 aromatic rings. The molecular formula is C15H14ClN5. The van der Waals surface area contributed by atoms with Gasteiger partial charge in [-0.15, -0.1) is 0 Å². The summed E-state index contributed by atoms with van der Waals surface area (Å²) in [6, 6.07) is 14.2. The second-order valence-corrected chi connectivity index (χ2v) is 5.15. The monoisotopic (exact) mass is 299 g/mol. The highest BCUT2D eigenvalue weighted by molar-refractivity contribution is 6.28. The summed E-state index contributed by atoms with van der Waals surface area (Å²) >= 11 is 5.93. The van der Waals surface area contributed by atoms with Gasteiger partial charge in [-0.25, -0.2) is 0 Å². The van der Waals surface area contributed by atoms with Crippen molar-refractivity contribution in [3.05, 3.63) is 47.7 Å². The van der Waals surface area contributed by atoms with Crippen LogP contribution in [0.3, 0.4) is 0 Å². The first-order valence-corrected chi connectivity index (χ1v) is 6.84. The van der Waals surface area contributed by atoms with Crippen LogP contribution in [0.5, 0.6) is 0 Å². The van der Waals surface area contributed by atoms with Gasteiger partial charge < -0.3 is 10.2 Å². The third-order valence-electron chi connectivity index (χ3n) is 3.00. The van der Waals surface area contributed by atoms with E-state index in [0.29, 0.717) is 11.9 Å². The normalized spacial score (nSPS) is 10.6. The second kappa shape index (κ2) is 5.54. The Morgan fingerprint density at radius 3 is 2.48 bits per heavy atom. The molecule has 0 radical (unpaired) electrons. The lowest BCUT2D eigenvalue weighted by atomic mass is 10.1. The quantitative estimate of drug-likeness (QED) is 0.802. The summed E-state index contributed by atoms with van der Waals surface area (Å²) in [5, 5.41) is 5.66. The van der Waals surface area contributed by atoms with E-state index in [4.69, 9.17) is 11.6 Å². The molecule has 21 heavy (non-hydrogen) atoms. The molecule has 0 aliphatic rings. The molecule has 5 nitrogen and oxygen atoms in total. The fraction of sp³-hybridized carbons (Fsp3) is 0.133. The molecule has 0 saturated carbocycles. The predicted octanol–water partition coefficient (Wildman–Crippen LogP) is 3.49. The van der Waals surface area contributed by atoms with Gasteiger partial charge in [0.15, 0.2) is 0 Å². The van der Waals surface area contributed by atoms with Crippen LogP contribution < -0.4 is 10.2 Å². The molecule has 0 unspecified atom stereocenters. The Hall–Kier alpha value is -2.40. The van der Waals surface area contributed by atoms with Crippen LogP contribution in [-0.4, -0.2) is 29.0 Å². The minimum absolute atomic E-state index is 0.164. The van der Waals surface area contributed by atoms with Gasteiger partial charge in [-0.3, -0.25) is 0 Å². The average Bonchev–Trinajstić information content (AvgIpc) is 2.46. The van der Waals surface area contributed by atoms with Gasteiger partial charge in [-0.05, 0) is 34.5 Å². The van der Waals surface area contributed by atoms with Crippen molar-refractivity contribution in [1.82, 2.24) is 15.0 Å². The van der Waals surface area contributed by atoms with Crippen molar-refractivity contribution >= 4 is 40.0 Å². The summed E-state index contributed by atoms with van der Waals surface area (Å²) in [5.41, 5.74) is 0.903. The first-order chi connectivity index (χ1) is 10.1. The first kappa shape index (κ1) is 13.6. The van der Waals surface area contributed by atoms with Crippen LogP contribution in [0.25, 0.3) is 10.8 Å². The molecule has 0 fully saturated rings. The second-order valence-electron chi connectivity index (χ2n) is 4.81. The average molecular weight is 300 g/mol. The van der Waals surface area contributed by atoms with Gasteiger partial charge in [0, 0.05) is 19.8 Å². The highest BCUT2D eigenvalue weighted by atomic mass is 35.5. The number of benzene rings is 2. The Balaban J connectivity index is 1.94. The van der Waals surface area contributed by atoms with Crippen LogP contribution in [0.15, 0.2) is 42.5 Å². The maximum atomic E-state index is 5.93. The molecule has 2 aromatic carbocycles. The van der Waals surface area contributed by atoms with E-state index >= 15 is 0 Å². The molecule has 3 rings (SSSR count). The molecule has 106 valence electrons. The zero-order valence-electron chi connectivity index (χ0n) is 11.7. The summed E-state index contributed by atoms with van der Waals surface area (Å²) < 4.78 is 0. The maximum Gasteiger partial charge on any atom is 0.233 e. The van der Waals surface area contributed by atoms with E-state index in [2.05, 4.69) is 32.4 Å². The fourth-order valence-corrected chi connectivity index (χ4v) is 2.15. The molecule has 0 aliphatic carbocycles. The van der Waals surface area contributed by atoms with Crippen molar-refractivity contribution in [3.63, 3.8) is 0 Å². The summed E-state index contributed by atoms with van der Waals surface area (Å²) in [6.45, 7) is 0. The van der Waals surface area contributed by atoms with Gasteiger partial charge in [-0.2, -0.15) is 15.0 Å². The molecule has 1 N–H and O–H groups in total. The Morgan fingerprint density at radius 2 is 1.71 bits per heavy atom. The summed E-state index contributed by atoms with van der Waals surface area (Å²) in [5.74, 6) is 0.937. The number of nitrogens with one attached hydrogen (secondary N) is 1. The first-order valence-electron chi connectivity index (χ1n) is 6.46. The van der Waals surface area contributed by atoms with Crippen LogP contribution in [0, 0.1) is 0 Å². The Bertz CT molecular complexity index is 788. The Morgan fingerprint density at radius 1 is 0.952 bits per heavy atom. The highest BCUT2D eigenvalue weighted by Crippen LogP contribution is 2.22. The van der Waals surface area contributed by atoms with Gasteiger partial charge in [0.25, 0.3) is 0 Å². The SMILES string of the molecule is CN(C)c1nc(Cl)nc(Nc2ccc3ccccc3c2)n1.